The molecule has 1 aromatic carbocycles. The summed E-state index contributed by atoms with van der Waals surface area (Å²) in [5.74, 6) is 0. The highest BCUT2D eigenvalue weighted by atomic mass is 32.1. The second kappa shape index (κ2) is 7.75. The van der Waals surface area contributed by atoms with Gasteiger partial charge in [-0.15, -0.1) is 11.3 Å². The van der Waals surface area contributed by atoms with Gasteiger partial charge < -0.3 is 10.2 Å². The average Bonchev–Trinajstić information content (AvgIpc) is 3.15. The number of thiophene rings is 1. The van der Waals surface area contributed by atoms with E-state index in [1.807, 2.05) is 11.3 Å². The molecule has 28 heavy (non-hydrogen) atoms. The quantitative estimate of drug-likeness (QED) is 0.772. The molecule has 2 aliphatic heterocycles. The Morgan fingerprint density at radius 1 is 1.11 bits per heavy atom. The van der Waals surface area contributed by atoms with Crippen molar-refractivity contribution in [3.05, 3.63) is 51.7 Å². The molecule has 0 atom stereocenters. The molecule has 4 rings (SSSR count). The van der Waals surface area contributed by atoms with E-state index in [4.69, 9.17) is 0 Å². The van der Waals surface area contributed by atoms with E-state index in [0.717, 1.165) is 38.4 Å². The molecule has 0 saturated carbocycles. The zero-order valence-electron chi connectivity index (χ0n) is 15.3. The van der Waals surface area contributed by atoms with E-state index in [9.17, 15) is 18.0 Å². The fraction of sp³-hybridized carbons (Fsp3) is 0.450. The van der Waals surface area contributed by atoms with Crippen LogP contribution in [0.15, 0.2) is 35.7 Å². The van der Waals surface area contributed by atoms with Gasteiger partial charge in [-0.1, -0.05) is 12.1 Å². The second-order valence-electron chi connectivity index (χ2n) is 7.28. The number of carbonyl (C=O) groups is 1. The van der Waals surface area contributed by atoms with Crippen molar-refractivity contribution in [3.8, 4) is 0 Å². The number of benzene rings is 1. The summed E-state index contributed by atoms with van der Waals surface area (Å²) in [4.78, 5) is 18.1. The van der Waals surface area contributed by atoms with Crippen LogP contribution < -0.4 is 5.32 Å². The molecule has 3 heterocycles. The van der Waals surface area contributed by atoms with Crippen LogP contribution in [0.4, 0.5) is 23.7 Å². The monoisotopic (exact) mass is 409 g/mol. The number of anilines is 1. The first kappa shape index (κ1) is 19.3. The molecule has 0 radical (unpaired) electrons. The van der Waals surface area contributed by atoms with E-state index in [-0.39, 0.29) is 5.69 Å². The predicted molar refractivity (Wildman–Crippen MR) is 103 cm³/mol. The minimum atomic E-state index is -4.49. The van der Waals surface area contributed by atoms with Crippen molar-refractivity contribution in [1.82, 2.24) is 9.80 Å². The smallest absolute Gasteiger partial charge is 0.324 e. The maximum Gasteiger partial charge on any atom is 0.418 e. The van der Waals surface area contributed by atoms with Crippen LogP contribution in [0.2, 0.25) is 0 Å². The highest BCUT2D eigenvalue weighted by molar-refractivity contribution is 7.10. The summed E-state index contributed by atoms with van der Waals surface area (Å²) in [6.07, 6.45) is -1.74. The Bertz CT molecular complexity index is 843. The number of hydrogen-bond donors (Lipinski definition) is 1. The molecular formula is C20H22F3N3OS. The van der Waals surface area contributed by atoms with Gasteiger partial charge in [0.1, 0.15) is 0 Å². The Labute approximate surface area is 165 Å². The molecule has 2 aliphatic rings. The molecule has 8 heteroatoms. The van der Waals surface area contributed by atoms with Crippen LogP contribution in [0.5, 0.6) is 0 Å². The number of halogens is 3. The van der Waals surface area contributed by atoms with Crippen LogP contribution in [0.25, 0.3) is 0 Å². The highest BCUT2D eigenvalue weighted by Crippen LogP contribution is 2.35. The number of para-hydroxylation sites is 1. The summed E-state index contributed by atoms with van der Waals surface area (Å²) >= 11 is 1.81. The van der Waals surface area contributed by atoms with Gasteiger partial charge in [-0.25, -0.2) is 4.79 Å². The summed E-state index contributed by atoms with van der Waals surface area (Å²) in [5.41, 5.74) is 0.390. The zero-order chi connectivity index (χ0) is 19.7. The van der Waals surface area contributed by atoms with Crippen molar-refractivity contribution in [2.45, 2.75) is 38.0 Å². The standard InChI is InChI=1S/C20H22F3N3OS/c21-20(22,23)16-3-1-2-4-17(16)24-19(27)25-9-5-15(6-10-25)26-11-7-18-14(13-26)8-12-28-18/h1-4,8,12,15H,5-7,9-11,13H2,(H,24,27). The molecule has 1 saturated heterocycles. The summed E-state index contributed by atoms with van der Waals surface area (Å²) < 4.78 is 39.3. The van der Waals surface area contributed by atoms with Gasteiger partial charge in [-0.3, -0.25) is 4.90 Å². The number of nitrogens with zero attached hydrogens (tertiary/aromatic N) is 2. The molecule has 2 aromatic rings. The highest BCUT2D eigenvalue weighted by Gasteiger charge is 2.34. The average molecular weight is 409 g/mol. The molecule has 0 aliphatic carbocycles. The number of piperidine rings is 1. The van der Waals surface area contributed by atoms with Crippen LogP contribution in [0.1, 0.15) is 28.8 Å². The third-order valence-corrected chi connectivity index (χ3v) is 6.60. The first-order valence-electron chi connectivity index (χ1n) is 9.43. The lowest BCUT2D eigenvalue weighted by Crippen LogP contribution is -2.48. The van der Waals surface area contributed by atoms with E-state index in [2.05, 4.69) is 21.7 Å². The molecular weight excluding hydrogens is 387 g/mol. The maximum absolute atomic E-state index is 13.1. The van der Waals surface area contributed by atoms with Crippen molar-refractivity contribution in [2.75, 3.05) is 25.0 Å². The predicted octanol–water partition coefficient (Wildman–Crippen LogP) is 4.82. The molecule has 0 unspecified atom stereocenters. The van der Waals surface area contributed by atoms with Gasteiger partial charge in [0.05, 0.1) is 11.3 Å². The van der Waals surface area contributed by atoms with Crippen molar-refractivity contribution < 1.29 is 18.0 Å². The lowest BCUT2D eigenvalue weighted by molar-refractivity contribution is -0.136. The first-order valence-corrected chi connectivity index (χ1v) is 10.3. The Morgan fingerprint density at radius 3 is 2.61 bits per heavy atom. The number of carbonyl (C=O) groups excluding carboxylic acids is 1. The molecule has 1 N–H and O–H groups in total. The van der Waals surface area contributed by atoms with Crippen LogP contribution in [-0.4, -0.2) is 41.5 Å². The van der Waals surface area contributed by atoms with Crippen molar-refractivity contribution in [2.24, 2.45) is 0 Å². The summed E-state index contributed by atoms with van der Waals surface area (Å²) in [7, 11) is 0. The number of nitrogens with one attached hydrogen (secondary N) is 1. The number of alkyl halides is 3. The molecule has 1 fully saturated rings. The molecule has 0 spiro atoms. The van der Waals surface area contributed by atoms with Crippen molar-refractivity contribution >= 4 is 23.1 Å². The normalized spacial score (nSPS) is 18.8. The number of urea groups is 1. The Morgan fingerprint density at radius 2 is 1.86 bits per heavy atom. The SMILES string of the molecule is O=C(Nc1ccccc1C(F)(F)F)N1CCC(N2CCc3sccc3C2)CC1. The summed E-state index contributed by atoms with van der Waals surface area (Å²) in [6, 6.07) is 7.23. The largest absolute Gasteiger partial charge is 0.418 e. The van der Waals surface area contributed by atoms with E-state index >= 15 is 0 Å². The van der Waals surface area contributed by atoms with Gasteiger partial charge in [0.25, 0.3) is 0 Å². The summed E-state index contributed by atoms with van der Waals surface area (Å²) in [6.45, 7) is 3.09. The Kier molecular flexibility index (Phi) is 5.33. The van der Waals surface area contributed by atoms with Gasteiger partial charge in [-0.05, 0) is 48.4 Å². The summed E-state index contributed by atoms with van der Waals surface area (Å²) in [5, 5.41) is 4.58. The third-order valence-electron chi connectivity index (χ3n) is 5.58. The van der Waals surface area contributed by atoms with Crippen molar-refractivity contribution in [1.29, 1.82) is 0 Å². The van der Waals surface area contributed by atoms with E-state index < -0.39 is 17.8 Å². The molecule has 2 amide bonds. The maximum atomic E-state index is 13.1. The molecule has 4 nitrogen and oxygen atoms in total. The van der Waals surface area contributed by atoms with Gasteiger partial charge in [-0.2, -0.15) is 13.2 Å². The molecule has 0 bridgehead atoms. The van der Waals surface area contributed by atoms with Gasteiger partial charge in [0, 0.05) is 37.1 Å². The van der Waals surface area contributed by atoms with E-state index in [1.54, 1.807) is 4.90 Å². The lowest BCUT2D eigenvalue weighted by Gasteiger charge is -2.40. The van der Waals surface area contributed by atoms with Crippen LogP contribution in [-0.2, 0) is 19.1 Å². The molecule has 1 aromatic heterocycles. The number of amides is 2. The Balaban J connectivity index is 1.34. The Hall–Kier alpha value is -2.06. The number of fused-ring (bicyclic) bond motifs is 1. The minimum Gasteiger partial charge on any atom is -0.324 e. The van der Waals surface area contributed by atoms with E-state index in [1.165, 1.54) is 28.6 Å². The fourth-order valence-corrected chi connectivity index (χ4v) is 4.94. The number of hydrogen-bond acceptors (Lipinski definition) is 3. The zero-order valence-corrected chi connectivity index (χ0v) is 16.2. The molecule has 150 valence electrons. The van der Waals surface area contributed by atoms with Crippen molar-refractivity contribution in [3.63, 3.8) is 0 Å². The van der Waals surface area contributed by atoms with Gasteiger partial charge >= 0.3 is 12.2 Å². The van der Waals surface area contributed by atoms with Crippen LogP contribution in [0, 0.1) is 0 Å². The van der Waals surface area contributed by atoms with Gasteiger partial charge in [0.15, 0.2) is 0 Å². The lowest BCUT2D eigenvalue weighted by atomic mass is 10.00. The topological polar surface area (TPSA) is 35.6 Å². The van der Waals surface area contributed by atoms with Crippen LogP contribution >= 0.6 is 11.3 Å². The van der Waals surface area contributed by atoms with E-state index in [0.29, 0.717) is 19.1 Å². The first-order chi connectivity index (χ1) is 13.4. The fourth-order valence-electron chi connectivity index (χ4n) is 4.05. The second-order valence-corrected chi connectivity index (χ2v) is 8.28. The number of likely N-dealkylation sites (tertiary alicyclic amines) is 1. The minimum absolute atomic E-state index is 0.192. The number of rotatable bonds is 2. The van der Waals surface area contributed by atoms with Gasteiger partial charge in [0.2, 0.25) is 0 Å². The third kappa shape index (κ3) is 4.03. The van der Waals surface area contributed by atoms with Crippen LogP contribution in [0.3, 0.4) is 0 Å².